The molecule has 0 spiro atoms. The molecule has 0 unspecified atom stereocenters. The maximum absolute atomic E-state index is 11.0. The van der Waals surface area contributed by atoms with Crippen LogP contribution in [-0.4, -0.2) is 31.2 Å². The molecular weight excluding hydrogens is 180 g/mol. The van der Waals surface area contributed by atoms with E-state index in [1.54, 1.807) is 6.92 Å². The summed E-state index contributed by atoms with van der Waals surface area (Å²) in [5, 5.41) is 2.72. The lowest BCUT2D eigenvalue weighted by atomic mass is 10.3. The number of amides is 1. The minimum Gasteiger partial charge on any atom is -0.376 e. The number of ether oxygens (including phenoxy) is 1. The molecule has 0 saturated heterocycles. The highest BCUT2D eigenvalue weighted by molar-refractivity contribution is 5.80. The minimum atomic E-state index is -0.429. The standard InChI is InChI=1S/C10H20N2O2/c1-8(11)10(13)12-6-7-14-9-4-2-3-5-9/h8-9H,2-7,11H2,1H3,(H,12,13)/t8-/m1/s1. The Hall–Kier alpha value is -0.610. The van der Waals surface area contributed by atoms with Gasteiger partial charge >= 0.3 is 0 Å². The van der Waals surface area contributed by atoms with Crippen LogP contribution in [0.2, 0.25) is 0 Å². The van der Waals surface area contributed by atoms with Gasteiger partial charge in [0.1, 0.15) is 0 Å². The van der Waals surface area contributed by atoms with Gasteiger partial charge in [0.15, 0.2) is 0 Å². The monoisotopic (exact) mass is 200 g/mol. The quantitative estimate of drug-likeness (QED) is 0.632. The molecule has 1 rings (SSSR count). The van der Waals surface area contributed by atoms with Crippen molar-refractivity contribution in [3.05, 3.63) is 0 Å². The lowest BCUT2D eigenvalue weighted by molar-refractivity contribution is -0.122. The van der Waals surface area contributed by atoms with Crippen molar-refractivity contribution in [3.8, 4) is 0 Å². The van der Waals surface area contributed by atoms with Crippen LogP contribution in [0.15, 0.2) is 0 Å². The molecular formula is C10H20N2O2. The molecule has 3 N–H and O–H groups in total. The summed E-state index contributed by atoms with van der Waals surface area (Å²) < 4.78 is 5.58. The highest BCUT2D eigenvalue weighted by Crippen LogP contribution is 2.20. The summed E-state index contributed by atoms with van der Waals surface area (Å²) in [5.41, 5.74) is 5.39. The second-order valence-electron chi connectivity index (χ2n) is 3.86. The first-order valence-electron chi connectivity index (χ1n) is 5.35. The van der Waals surface area contributed by atoms with E-state index in [0.29, 0.717) is 19.3 Å². The van der Waals surface area contributed by atoms with Gasteiger partial charge in [-0.2, -0.15) is 0 Å². The summed E-state index contributed by atoms with van der Waals surface area (Å²) in [7, 11) is 0. The highest BCUT2D eigenvalue weighted by atomic mass is 16.5. The topological polar surface area (TPSA) is 64.4 Å². The van der Waals surface area contributed by atoms with Gasteiger partial charge in [0.2, 0.25) is 5.91 Å². The van der Waals surface area contributed by atoms with Crippen LogP contribution in [0.1, 0.15) is 32.6 Å². The van der Waals surface area contributed by atoms with Gasteiger partial charge in [-0.15, -0.1) is 0 Å². The summed E-state index contributed by atoms with van der Waals surface area (Å²) in [6.45, 7) is 2.84. The van der Waals surface area contributed by atoms with Gasteiger partial charge in [0, 0.05) is 6.54 Å². The molecule has 4 heteroatoms. The number of rotatable bonds is 5. The van der Waals surface area contributed by atoms with Crippen molar-refractivity contribution in [2.45, 2.75) is 44.8 Å². The van der Waals surface area contributed by atoms with Gasteiger partial charge in [0.05, 0.1) is 18.8 Å². The van der Waals surface area contributed by atoms with Crippen molar-refractivity contribution in [1.29, 1.82) is 0 Å². The van der Waals surface area contributed by atoms with E-state index >= 15 is 0 Å². The first-order chi connectivity index (χ1) is 6.70. The Morgan fingerprint density at radius 3 is 2.79 bits per heavy atom. The summed E-state index contributed by atoms with van der Waals surface area (Å²) in [4.78, 5) is 11.0. The summed E-state index contributed by atoms with van der Waals surface area (Å²) in [6.07, 6.45) is 5.30. The smallest absolute Gasteiger partial charge is 0.236 e. The number of nitrogens with two attached hydrogens (primary N) is 1. The zero-order valence-electron chi connectivity index (χ0n) is 8.79. The second kappa shape index (κ2) is 5.98. The molecule has 1 amide bonds. The average Bonchev–Trinajstić information content (AvgIpc) is 2.64. The lowest BCUT2D eigenvalue weighted by Gasteiger charge is -2.12. The molecule has 0 heterocycles. The minimum absolute atomic E-state index is 0.111. The van der Waals surface area contributed by atoms with E-state index in [1.165, 1.54) is 25.7 Å². The summed E-state index contributed by atoms with van der Waals surface area (Å²) in [6, 6.07) is -0.429. The molecule has 0 bridgehead atoms. The fraction of sp³-hybridized carbons (Fsp3) is 0.900. The molecule has 1 saturated carbocycles. The molecule has 0 aromatic rings. The first kappa shape index (κ1) is 11.5. The number of nitrogens with one attached hydrogen (secondary N) is 1. The van der Waals surface area contributed by atoms with Gasteiger partial charge < -0.3 is 15.8 Å². The fourth-order valence-corrected chi connectivity index (χ4v) is 1.62. The number of carbonyl (C=O) groups excluding carboxylic acids is 1. The van der Waals surface area contributed by atoms with Crippen LogP contribution in [0.4, 0.5) is 0 Å². The largest absolute Gasteiger partial charge is 0.376 e. The summed E-state index contributed by atoms with van der Waals surface area (Å²) in [5.74, 6) is -0.111. The average molecular weight is 200 g/mol. The van der Waals surface area contributed by atoms with Crippen molar-refractivity contribution in [1.82, 2.24) is 5.32 Å². The Kier molecular flexibility index (Phi) is 4.90. The number of carbonyl (C=O) groups is 1. The van der Waals surface area contributed by atoms with E-state index in [9.17, 15) is 4.79 Å². The molecule has 82 valence electrons. The Bertz CT molecular complexity index is 177. The molecule has 1 fully saturated rings. The molecule has 14 heavy (non-hydrogen) atoms. The van der Waals surface area contributed by atoms with Crippen molar-refractivity contribution < 1.29 is 9.53 Å². The maximum Gasteiger partial charge on any atom is 0.236 e. The molecule has 0 radical (unpaired) electrons. The van der Waals surface area contributed by atoms with Crippen LogP contribution in [0.5, 0.6) is 0 Å². The maximum atomic E-state index is 11.0. The summed E-state index contributed by atoms with van der Waals surface area (Å²) >= 11 is 0. The van der Waals surface area contributed by atoms with Crippen LogP contribution in [-0.2, 0) is 9.53 Å². The Balaban J connectivity index is 1.96. The molecule has 4 nitrogen and oxygen atoms in total. The Morgan fingerprint density at radius 2 is 2.21 bits per heavy atom. The molecule has 1 atom stereocenters. The van der Waals surface area contributed by atoms with Gasteiger partial charge in [-0.1, -0.05) is 12.8 Å². The van der Waals surface area contributed by atoms with E-state index in [-0.39, 0.29) is 5.91 Å². The van der Waals surface area contributed by atoms with Crippen molar-refractivity contribution in [2.24, 2.45) is 5.73 Å². The zero-order chi connectivity index (χ0) is 10.4. The van der Waals surface area contributed by atoms with Crippen LogP contribution >= 0.6 is 0 Å². The second-order valence-corrected chi connectivity index (χ2v) is 3.86. The van der Waals surface area contributed by atoms with Crippen molar-refractivity contribution in [2.75, 3.05) is 13.2 Å². The van der Waals surface area contributed by atoms with Crippen LogP contribution in [0.25, 0.3) is 0 Å². The zero-order valence-corrected chi connectivity index (χ0v) is 8.79. The van der Waals surface area contributed by atoms with E-state index in [1.807, 2.05) is 0 Å². The lowest BCUT2D eigenvalue weighted by Crippen LogP contribution is -2.39. The Labute approximate surface area is 85.2 Å². The van der Waals surface area contributed by atoms with Gasteiger partial charge in [-0.25, -0.2) is 0 Å². The number of hydrogen-bond donors (Lipinski definition) is 2. The predicted octanol–water partition coefficient (Wildman–Crippen LogP) is 0.409. The first-order valence-corrected chi connectivity index (χ1v) is 5.35. The molecule has 0 aromatic carbocycles. The van der Waals surface area contributed by atoms with E-state index in [4.69, 9.17) is 10.5 Å². The molecule has 1 aliphatic carbocycles. The van der Waals surface area contributed by atoms with E-state index in [0.717, 1.165) is 0 Å². The van der Waals surface area contributed by atoms with Gasteiger partial charge in [-0.3, -0.25) is 4.79 Å². The highest BCUT2D eigenvalue weighted by Gasteiger charge is 2.14. The third kappa shape index (κ3) is 4.07. The van der Waals surface area contributed by atoms with E-state index in [2.05, 4.69) is 5.32 Å². The fourth-order valence-electron chi connectivity index (χ4n) is 1.62. The number of hydrogen-bond acceptors (Lipinski definition) is 3. The Morgan fingerprint density at radius 1 is 1.57 bits per heavy atom. The third-order valence-corrected chi connectivity index (χ3v) is 2.47. The van der Waals surface area contributed by atoms with Crippen LogP contribution < -0.4 is 11.1 Å². The predicted molar refractivity (Wildman–Crippen MR) is 54.9 cm³/mol. The molecule has 1 aliphatic rings. The third-order valence-electron chi connectivity index (χ3n) is 2.47. The normalized spacial score (nSPS) is 19.6. The SMILES string of the molecule is C[C@@H](N)C(=O)NCCOC1CCCC1. The van der Waals surface area contributed by atoms with Crippen molar-refractivity contribution in [3.63, 3.8) is 0 Å². The molecule has 0 aliphatic heterocycles. The van der Waals surface area contributed by atoms with Crippen LogP contribution in [0, 0.1) is 0 Å². The van der Waals surface area contributed by atoms with Crippen molar-refractivity contribution >= 4 is 5.91 Å². The molecule has 0 aromatic heterocycles. The van der Waals surface area contributed by atoms with Crippen LogP contribution in [0.3, 0.4) is 0 Å². The van der Waals surface area contributed by atoms with E-state index < -0.39 is 6.04 Å². The van der Waals surface area contributed by atoms with Gasteiger partial charge in [0.25, 0.3) is 0 Å². The van der Waals surface area contributed by atoms with Gasteiger partial charge in [-0.05, 0) is 19.8 Å².